The van der Waals surface area contributed by atoms with E-state index in [4.69, 9.17) is 0 Å². The molecule has 22 heavy (non-hydrogen) atoms. The molecule has 6 heteroatoms. The SMILES string of the molecule is Cc1cc(C)c(N(CC(=O)NC(C)(C)C)S(C)(=O)=O)c(C)c1. The Bertz CT molecular complexity index is 650. The highest BCUT2D eigenvalue weighted by atomic mass is 32.2. The van der Waals surface area contributed by atoms with Gasteiger partial charge in [0, 0.05) is 5.54 Å². The molecule has 0 heterocycles. The molecule has 0 saturated carbocycles. The number of carbonyl (C=O) groups excluding carboxylic acids is 1. The smallest absolute Gasteiger partial charge is 0.241 e. The van der Waals surface area contributed by atoms with E-state index in [2.05, 4.69) is 5.32 Å². The number of nitrogens with zero attached hydrogens (tertiary/aromatic N) is 1. The number of hydrogen-bond acceptors (Lipinski definition) is 3. The third-order valence-electron chi connectivity index (χ3n) is 3.09. The summed E-state index contributed by atoms with van der Waals surface area (Å²) in [5, 5.41) is 2.80. The molecule has 0 bridgehead atoms. The zero-order valence-corrected chi connectivity index (χ0v) is 15.3. The molecule has 0 aliphatic heterocycles. The Morgan fingerprint density at radius 1 is 1.14 bits per heavy atom. The summed E-state index contributed by atoms with van der Waals surface area (Å²) in [6.45, 7) is 11.0. The Labute approximate surface area is 133 Å². The van der Waals surface area contributed by atoms with Gasteiger partial charge in [-0.05, 0) is 52.7 Å². The number of aryl methyl sites for hydroxylation is 3. The van der Waals surface area contributed by atoms with Crippen LogP contribution in [0.15, 0.2) is 12.1 Å². The number of nitrogens with one attached hydrogen (secondary N) is 1. The standard InChI is InChI=1S/C16H26N2O3S/c1-11-8-12(2)15(13(3)9-11)18(22(7,20)21)10-14(19)17-16(4,5)6/h8-9H,10H2,1-7H3,(H,17,19). The van der Waals surface area contributed by atoms with E-state index < -0.39 is 15.6 Å². The van der Waals surface area contributed by atoms with Gasteiger partial charge in [0.2, 0.25) is 15.9 Å². The topological polar surface area (TPSA) is 66.5 Å². The second-order valence-electron chi connectivity index (χ2n) is 6.82. The number of hydrogen-bond donors (Lipinski definition) is 1. The summed E-state index contributed by atoms with van der Waals surface area (Å²) in [6, 6.07) is 3.84. The van der Waals surface area contributed by atoms with Crippen LogP contribution in [0, 0.1) is 20.8 Å². The molecule has 0 fully saturated rings. The van der Waals surface area contributed by atoms with Crippen molar-refractivity contribution >= 4 is 21.6 Å². The molecule has 0 aromatic heterocycles. The van der Waals surface area contributed by atoms with Crippen molar-refractivity contribution in [2.75, 3.05) is 17.1 Å². The first-order chi connectivity index (χ1) is 9.81. The van der Waals surface area contributed by atoms with Crippen LogP contribution in [0.3, 0.4) is 0 Å². The number of sulfonamides is 1. The van der Waals surface area contributed by atoms with Crippen molar-refractivity contribution < 1.29 is 13.2 Å². The monoisotopic (exact) mass is 326 g/mol. The summed E-state index contributed by atoms with van der Waals surface area (Å²) < 4.78 is 25.5. The van der Waals surface area contributed by atoms with E-state index >= 15 is 0 Å². The minimum absolute atomic E-state index is 0.221. The summed E-state index contributed by atoms with van der Waals surface area (Å²) >= 11 is 0. The van der Waals surface area contributed by atoms with Crippen LogP contribution in [-0.4, -0.2) is 32.7 Å². The number of rotatable bonds is 4. The molecule has 0 unspecified atom stereocenters. The van der Waals surface area contributed by atoms with Crippen molar-refractivity contribution in [3.05, 3.63) is 28.8 Å². The lowest BCUT2D eigenvalue weighted by Crippen LogP contribution is -2.47. The number of carbonyl (C=O) groups is 1. The van der Waals surface area contributed by atoms with Gasteiger partial charge >= 0.3 is 0 Å². The largest absolute Gasteiger partial charge is 0.350 e. The molecule has 0 atom stereocenters. The summed E-state index contributed by atoms with van der Waals surface area (Å²) in [6.07, 6.45) is 1.12. The lowest BCUT2D eigenvalue weighted by Gasteiger charge is -2.28. The zero-order chi connectivity index (χ0) is 17.3. The fourth-order valence-corrected chi connectivity index (χ4v) is 3.49. The molecule has 0 radical (unpaired) electrons. The first kappa shape index (κ1) is 18.5. The molecule has 0 saturated heterocycles. The molecule has 1 amide bonds. The lowest BCUT2D eigenvalue weighted by molar-refractivity contribution is -0.121. The maximum Gasteiger partial charge on any atom is 0.241 e. The summed E-state index contributed by atoms with van der Waals surface area (Å²) in [5.74, 6) is -0.322. The molecule has 0 aliphatic carbocycles. The van der Waals surface area contributed by atoms with Crippen molar-refractivity contribution in [1.82, 2.24) is 5.32 Å². The molecule has 124 valence electrons. The Hall–Kier alpha value is -1.56. The fourth-order valence-electron chi connectivity index (χ4n) is 2.52. The molecule has 1 rings (SSSR count). The van der Waals surface area contributed by atoms with E-state index in [1.165, 1.54) is 4.31 Å². The predicted octanol–water partition coefficient (Wildman–Crippen LogP) is 2.29. The molecule has 1 aromatic carbocycles. The van der Waals surface area contributed by atoms with Crippen LogP contribution in [0.1, 0.15) is 37.5 Å². The lowest BCUT2D eigenvalue weighted by atomic mass is 10.0. The van der Waals surface area contributed by atoms with Gasteiger partial charge in [0.1, 0.15) is 6.54 Å². The van der Waals surface area contributed by atoms with Gasteiger partial charge in [-0.1, -0.05) is 17.7 Å². The minimum Gasteiger partial charge on any atom is -0.350 e. The van der Waals surface area contributed by atoms with E-state index in [0.29, 0.717) is 5.69 Å². The summed E-state index contributed by atoms with van der Waals surface area (Å²) in [4.78, 5) is 12.2. The molecule has 1 aromatic rings. The third kappa shape index (κ3) is 5.02. The first-order valence-electron chi connectivity index (χ1n) is 7.18. The molecular weight excluding hydrogens is 300 g/mol. The van der Waals surface area contributed by atoms with Crippen molar-refractivity contribution in [2.45, 2.75) is 47.1 Å². The molecule has 1 N–H and O–H groups in total. The van der Waals surface area contributed by atoms with Gasteiger partial charge in [0.25, 0.3) is 0 Å². The number of anilines is 1. The van der Waals surface area contributed by atoms with Gasteiger partial charge in [0.15, 0.2) is 0 Å². The Kier molecular flexibility index (Phi) is 5.28. The van der Waals surface area contributed by atoms with Crippen LogP contribution in [0.5, 0.6) is 0 Å². The van der Waals surface area contributed by atoms with Gasteiger partial charge < -0.3 is 5.32 Å². The van der Waals surface area contributed by atoms with Crippen LogP contribution in [0.4, 0.5) is 5.69 Å². The van der Waals surface area contributed by atoms with Gasteiger partial charge in [0.05, 0.1) is 11.9 Å². The Morgan fingerprint density at radius 2 is 1.59 bits per heavy atom. The van der Waals surface area contributed by atoms with Crippen molar-refractivity contribution in [2.24, 2.45) is 0 Å². The summed E-state index contributed by atoms with van der Waals surface area (Å²) in [7, 11) is -3.55. The highest BCUT2D eigenvalue weighted by Crippen LogP contribution is 2.28. The first-order valence-corrected chi connectivity index (χ1v) is 9.02. The van der Waals surface area contributed by atoms with Crippen LogP contribution in [0.25, 0.3) is 0 Å². The normalized spacial score (nSPS) is 12.1. The van der Waals surface area contributed by atoms with Crippen LogP contribution >= 0.6 is 0 Å². The fraction of sp³-hybridized carbons (Fsp3) is 0.562. The van der Waals surface area contributed by atoms with Gasteiger partial charge in [-0.15, -0.1) is 0 Å². The predicted molar refractivity (Wildman–Crippen MR) is 90.7 cm³/mol. The number of amides is 1. The maximum absolute atomic E-state index is 12.2. The molecule has 0 aliphatic rings. The zero-order valence-electron chi connectivity index (χ0n) is 14.4. The molecular formula is C16H26N2O3S. The van der Waals surface area contributed by atoms with E-state index in [0.717, 1.165) is 22.9 Å². The van der Waals surface area contributed by atoms with Gasteiger partial charge in [-0.2, -0.15) is 0 Å². The quantitative estimate of drug-likeness (QED) is 0.923. The molecule has 0 spiro atoms. The second-order valence-corrected chi connectivity index (χ2v) is 8.72. The van der Waals surface area contributed by atoms with Crippen LogP contribution in [-0.2, 0) is 14.8 Å². The van der Waals surface area contributed by atoms with Crippen LogP contribution in [0.2, 0.25) is 0 Å². The van der Waals surface area contributed by atoms with E-state index in [-0.39, 0.29) is 12.5 Å². The van der Waals surface area contributed by atoms with Crippen molar-refractivity contribution in [3.8, 4) is 0 Å². The van der Waals surface area contributed by atoms with Crippen LogP contribution < -0.4 is 9.62 Å². The van der Waals surface area contributed by atoms with E-state index in [1.54, 1.807) is 0 Å². The highest BCUT2D eigenvalue weighted by molar-refractivity contribution is 7.92. The third-order valence-corrected chi connectivity index (χ3v) is 4.20. The Balaban J connectivity index is 3.25. The van der Waals surface area contributed by atoms with E-state index in [1.807, 2.05) is 53.7 Å². The average molecular weight is 326 g/mol. The van der Waals surface area contributed by atoms with Crippen molar-refractivity contribution in [1.29, 1.82) is 0 Å². The summed E-state index contributed by atoms with van der Waals surface area (Å²) in [5.41, 5.74) is 2.92. The number of benzene rings is 1. The molecule has 5 nitrogen and oxygen atoms in total. The Morgan fingerprint density at radius 3 is 1.95 bits per heavy atom. The second kappa shape index (κ2) is 6.28. The minimum atomic E-state index is -3.55. The van der Waals surface area contributed by atoms with Gasteiger partial charge in [-0.3, -0.25) is 9.10 Å². The highest BCUT2D eigenvalue weighted by Gasteiger charge is 2.25. The average Bonchev–Trinajstić information content (AvgIpc) is 2.21. The van der Waals surface area contributed by atoms with Gasteiger partial charge in [-0.25, -0.2) is 8.42 Å². The van der Waals surface area contributed by atoms with Crippen molar-refractivity contribution in [3.63, 3.8) is 0 Å². The van der Waals surface area contributed by atoms with E-state index in [9.17, 15) is 13.2 Å². The maximum atomic E-state index is 12.2.